The fourth-order valence-electron chi connectivity index (χ4n) is 3.72. The molecule has 1 aromatic rings. The predicted molar refractivity (Wildman–Crippen MR) is 111 cm³/mol. The van der Waals surface area contributed by atoms with E-state index in [0.717, 1.165) is 0 Å². The largest absolute Gasteiger partial charge is 0.412 e. The number of nitrogens with zero attached hydrogens (tertiary/aromatic N) is 1. The van der Waals surface area contributed by atoms with Crippen molar-refractivity contribution in [1.82, 2.24) is 9.55 Å². The predicted octanol–water partition coefficient (Wildman–Crippen LogP) is 2.54. The highest BCUT2D eigenvalue weighted by molar-refractivity contribution is 6.74. The first-order valence-corrected chi connectivity index (χ1v) is 13.1. The van der Waals surface area contributed by atoms with Gasteiger partial charge in [0.1, 0.15) is 12.2 Å². The van der Waals surface area contributed by atoms with Crippen molar-refractivity contribution in [3.63, 3.8) is 0 Å². The van der Waals surface area contributed by atoms with Crippen molar-refractivity contribution >= 4 is 8.32 Å². The van der Waals surface area contributed by atoms with Crippen molar-refractivity contribution in [2.45, 2.75) is 95.9 Å². The molecule has 9 heteroatoms. The van der Waals surface area contributed by atoms with E-state index in [1.54, 1.807) is 0 Å². The summed E-state index contributed by atoms with van der Waals surface area (Å²) >= 11 is 0. The Morgan fingerprint density at radius 3 is 2.41 bits per heavy atom. The molecule has 29 heavy (non-hydrogen) atoms. The van der Waals surface area contributed by atoms with Crippen LogP contribution < -0.4 is 11.2 Å². The maximum atomic E-state index is 12.8. The zero-order valence-corrected chi connectivity index (χ0v) is 19.7. The van der Waals surface area contributed by atoms with Gasteiger partial charge in [0.2, 0.25) is 0 Å². The molecule has 1 unspecified atom stereocenters. The van der Waals surface area contributed by atoms with Gasteiger partial charge < -0.3 is 18.6 Å². The standard InChI is InChI=1S/C20H34N2O6Si/c1-9-13-15-16(28-19(5,6)27-15)20(26-13,12-25-29(7,8)18(2,3)4)22-11-10-14(23)21-17(22)24/h10-11,13,15-16H,9,12H2,1-8H3,(H,21,23,24)/t13-,15+,16?,20-/m1/s1. The summed E-state index contributed by atoms with van der Waals surface area (Å²) in [6.45, 7) is 16.6. The molecule has 0 saturated carbocycles. The van der Waals surface area contributed by atoms with Gasteiger partial charge in [-0.1, -0.05) is 27.7 Å². The van der Waals surface area contributed by atoms with Crippen LogP contribution in [0.5, 0.6) is 0 Å². The smallest absolute Gasteiger partial charge is 0.330 e. The molecule has 0 aromatic carbocycles. The van der Waals surface area contributed by atoms with Crippen LogP contribution in [0.2, 0.25) is 18.1 Å². The van der Waals surface area contributed by atoms with E-state index in [1.165, 1.54) is 16.8 Å². The normalized spacial score (nSPS) is 31.8. The van der Waals surface area contributed by atoms with E-state index in [4.69, 9.17) is 18.6 Å². The van der Waals surface area contributed by atoms with Crippen molar-refractivity contribution in [1.29, 1.82) is 0 Å². The zero-order chi connectivity index (χ0) is 21.8. The molecule has 4 atom stereocenters. The lowest BCUT2D eigenvalue weighted by Crippen LogP contribution is -2.56. The van der Waals surface area contributed by atoms with Crippen LogP contribution in [0.15, 0.2) is 21.9 Å². The molecule has 8 nitrogen and oxygen atoms in total. The lowest BCUT2D eigenvalue weighted by Gasteiger charge is -2.41. The Bertz CT molecular complexity index is 871. The summed E-state index contributed by atoms with van der Waals surface area (Å²) in [6, 6.07) is 1.31. The van der Waals surface area contributed by atoms with Gasteiger partial charge in [-0.05, 0) is 38.4 Å². The van der Waals surface area contributed by atoms with E-state index in [9.17, 15) is 9.59 Å². The Balaban J connectivity index is 2.10. The van der Waals surface area contributed by atoms with E-state index in [2.05, 4.69) is 38.8 Å². The first kappa shape index (κ1) is 22.4. The summed E-state index contributed by atoms with van der Waals surface area (Å²) in [5.74, 6) is -0.805. The topological polar surface area (TPSA) is 91.8 Å². The summed E-state index contributed by atoms with van der Waals surface area (Å²) in [4.78, 5) is 26.8. The van der Waals surface area contributed by atoms with E-state index >= 15 is 0 Å². The van der Waals surface area contributed by atoms with Gasteiger partial charge in [-0.3, -0.25) is 14.3 Å². The van der Waals surface area contributed by atoms with Gasteiger partial charge in [-0.25, -0.2) is 4.79 Å². The zero-order valence-electron chi connectivity index (χ0n) is 18.7. The van der Waals surface area contributed by atoms with Crippen LogP contribution in [0.3, 0.4) is 0 Å². The summed E-state index contributed by atoms with van der Waals surface area (Å²) in [5, 5.41) is -0.0153. The monoisotopic (exact) mass is 426 g/mol. The third-order valence-corrected chi connectivity index (χ3v) is 10.9. The molecule has 2 saturated heterocycles. The van der Waals surface area contributed by atoms with Crippen LogP contribution in [0.4, 0.5) is 0 Å². The van der Waals surface area contributed by atoms with Crippen LogP contribution in [0, 0.1) is 0 Å². The number of nitrogens with one attached hydrogen (secondary N) is 1. The SMILES string of the molecule is CC[C@H]1O[C@@](CO[Si](C)(C)C(C)(C)C)(n2ccc(=O)[nH]c2=O)C2OC(C)(C)O[C@H]21. The summed E-state index contributed by atoms with van der Waals surface area (Å²) in [5.41, 5.74) is -2.24. The fraction of sp³-hybridized carbons (Fsp3) is 0.800. The molecule has 0 bridgehead atoms. The second-order valence-electron chi connectivity index (χ2n) is 9.96. The molecule has 0 amide bonds. The second-order valence-corrected chi connectivity index (χ2v) is 14.8. The van der Waals surface area contributed by atoms with Gasteiger partial charge in [-0.15, -0.1) is 0 Å². The molecule has 3 rings (SSSR count). The average molecular weight is 427 g/mol. The number of hydrogen-bond acceptors (Lipinski definition) is 6. The first-order valence-electron chi connectivity index (χ1n) is 10.2. The molecule has 0 spiro atoms. The Hall–Kier alpha value is -1.26. The molecule has 2 fully saturated rings. The maximum absolute atomic E-state index is 12.8. The number of hydrogen-bond donors (Lipinski definition) is 1. The summed E-state index contributed by atoms with van der Waals surface area (Å²) < 4.78 is 26.8. The minimum Gasteiger partial charge on any atom is -0.412 e. The van der Waals surface area contributed by atoms with Crippen LogP contribution in [-0.2, 0) is 24.4 Å². The molecular formula is C20H34N2O6Si. The van der Waals surface area contributed by atoms with Crippen molar-refractivity contribution in [3.05, 3.63) is 33.1 Å². The first-order chi connectivity index (χ1) is 13.2. The Kier molecular flexibility index (Phi) is 5.54. The quantitative estimate of drug-likeness (QED) is 0.728. The highest BCUT2D eigenvalue weighted by atomic mass is 28.4. The molecule has 0 radical (unpaired) electrons. The van der Waals surface area contributed by atoms with Gasteiger partial charge in [0.05, 0.1) is 12.7 Å². The van der Waals surface area contributed by atoms with Crippen LogP contribution in [0.25, 0.3) is 0 Å². The van der Waals surface area contributed by atoms with Crippen molar-refractivity contribution in [2.75, 3.05) is 6.61 Å². The van der Waals surface area contributed by atoms with Crippen LogP contribution in [0.1, 0.15) is 48.0 Å². The minimum absolute atomic E-state index is 0.0153. The molecule has 0 aliphatic carbocycles. The third kappa shape index (κ3) is 3.90. The highest BCUT2D eigenvalue weighted by Crippen LogP contribution is 2.48. The van der Waals surface area contributed by atoms with Crippen molar-refractivity contribution < 1.29 is 18.6 Å². The van der Waals surface area contributed by atoms with Crippen molar-refractivity contribution in [3.8, 4) is 0 Å². The fourth-order valence-corrected chi connectivity index (χ4v) is 4.72. The molecule has 1 aromatic heterocycles. The summed E-state index contributed by atoms with van der Waals surface area (Å²) in [6.07, 6.45) is 1.01. The average Bonchev–Trinajstić information content (AvgIpc) is 3.04. The van der Waals surface area contributed by atoms with Crippen LogP contribution in [-0.4, -0.2) is 48.6 Å². The van der Waals surface area contributed by atoms with Gasteiger partial charge in [0, 0.05) is 12.3 Å². The second kappa shape index (κ2) is 7.16. The molecule has 3 heterocycles. The number of H-pyrrole nitrogens is 1. The maximum Gasteiger partial charge on any atom is 0.330 e. The van der Waals surface area contributed by atoms with Crippen molar-refractivity contribution in [2.24, 2.45) is 0 Å². The Morgan fingerprint density at radius 1 is 1.21 bits per heavy atom. The van der Waals surface area contributed by atoms with Gasteiger partial charge >= 0.3 is 5.69 Å². The highest BCUT2D eigenvalue weighted by Gasteiger charge is 2.64. The lowest BCUT2D eigenvalue weighted by atomic mass is 10.0. The molecule has 2 aliphatic rings. The van der Waals surface area contributed by atoms with E-state index in [1.807, 2.05) is 20.8 Å². The van der Waals surface area contributed by atoms with Gasteiger partial charge in [0.25, 0.3) is 5.56 Å². The molecule has 2 aliphatic heterocycles. The Morgan fingerprint density at radius 2 is 1.86 bits per heavy atom. The number of aromatic amines is 1. The number of rotatable bonds is 5. The lowest BCUT2D eigenvalue weighted by molar-refractivity contribution is -0.240. The minimum atomic E-state index is -2.16. The third-order valence-electron chi connectivity index (χ3n) is 6.38. The number of ether oxygens (including phenoxy) is 3. The van der Waals surface area contributed by atoms with E-state index in [0.29, 0.717) is 6.42 Å². The number of fused-ring (bicyclic) bond motifs is 1. The molecule has 164 valence electrons. The van der Waals surface area contributed by atoms with E-state index < -0.39 is 37.2 Å². The van der Waals surface area contributed by atoms with Gasteiger partial charge in [-0.2, -0.15) is 0 Å². The summed E-state index contributed by atoms with van der Waals surface area (Å²) in [7, 11) is -2.16. The van der Waals surface area contributed by atoms with Gasteiger partial charge in [0.15, 0.2) is 19.8 Å². The number of aromatic nitrogens is 2. The Labute approximate surface area is 172 Å². The molecular weight excluding hydrogens is 392 g/mol. The molecule has 1 N–H and O–H groups in total. The van der Waals surface area contributed by atoms with Crippen LogP contribution >= 0.6 is 0 Å². The van der Waals surface area contributed by atoms with E-state index in [-0.39, 0.29) is 23.9 Å².